The van der Waals surface area contributed by atoms with E-state index in [0.29, 0.717) is 0 Å². The zero-order chi connectivity index (χ0) is 8.97. The fourth-order valence-corrected chi connectivity index (χ4v) is 0.579. The zero-order valence-corrected chi connectivity index (χ0v) is 6.43. The number of hydrogen-bond acceptors (Lipinski definition) is 6. The summed E-state index contributed by atoms with van der Waals surface area (Å²) in [5, 5.41) is 0. The Balaban J connectivity index is 2.42. The standard InChI is InChI=1S/C4H2NO6P/c6-4(11-12(7)8)10-3-5-1-2-9-3/h1-2H/p+1. The van der Waals surface area contributed by atoms with E-state index in [1.807, 2.05) is 0 Å². The summed E-state index contributed by atoms with van der Waals surface area (Å²) in [4.78, 5) is 21.9. The van der Waals surface area contributed by atoms with E-state index in [1.165, 1.54) is 12.5 Å². The molecule has 1 N–H and O–H groups in total. The van der Waals surface area contributed by atoms with Crippen molar-refractivity contribution in [2.24, 2.45) is 0 Å². The van der Waals surface area contributed by atoms with Gasteiger partial charge in [0.1, 0.15) is 6.26 Å². The second-order valence-corrected chi connectivity index (χ2v) is 2.14. The van der Waals surface area contributed by atoms with Crippen molar-refractivity contribution < 1.29 is 27.9 Å². The van der Waals surface area contributed by atoms with Crippen LogP contribution in [0.3, 0.4) is 0 Å². The monoisotopic (exact) mass is 192 g/mol. The predicted molar refractivity (Wildman–Crippen MR) is 33.4 cm³/mol. The van der Waals surface area contributed by atoms with Crippen LogP contribution in [0.25, 0.3) is 0 Å². The first kappa shape index (κ1) is 8.63. The molecule has 0 aliphatic heterocycles. The van der Waals surface area contributed by atoms with E-state index in [4.69, 9.17) is 4.89 Å². The predicted octanol–water partition coefficient (Wildman–Crippen LogP) is 0.840. The Kier molecular flexibility index (Phi) is 2.73. The van der Waals surface area contributed by atoms with Crippen LogP contribution in [0.2, 0.25) is 0 Å². The number of nitrogens with zero attached hydrogens (tertiary/aromatic N) is 1. The smallest absolute Gasteiger partial charge is 0.417 e. The maximum atomic E-state index is 10.4. The van der Waals surface area contributed by atoms with Crippen molar-refractivity contribution in [3.63, 3.8) is 0 Å². The van der Waals surface area contributed by atoms with Gasteiger partial charge in [0.2, 0.25) is 0 Å². The highest BCUT2D eigenvalue weighted by atomic mass is 31.1. The molecule has 0 bridgehead atoms. The summed E-state index contributed by atoms with van der Waals surface area (Å²) >= 11 is 0. The molecular weight excluding hydrogens is 189 g/mol. The molecule has 1 rings (SSSR count). The van der Waals surface area contributed by atoms with Gasteiger partial charge in [-0.1, -0.05) is 0 Å². The third-order valence-electron chi connectivity index (χ3n) is 0.733. The molecule has 0 saturated heterocycles. The van der Waals surface area contributed by atoms with E-state index in [2.05, 4.69) is 18.7 Å². The average Bonchev–Trinajstić information content (AvgIpc) is 2.37. The Morgan fingerprint density at radius 1 is 1.75 bits per heavy atom. The largest absolute Gasteiger partial charge is 0.753 e. The van der Waals surface area contributed by atoms with Gasteiger partial charge in [-0.15, -0.1) is 9.42 Å². The first-order valence-electron chi connectivity index (χ1n) is 2.64. The van der Waals surface area contributed by atoms with Gasteiger partial charge in [0.25, 0.3) is 0 Å². The lowest BCUT2D eigenvalue weighted by atomic mass is 11.0. The molecule has 0 amide bonds. The van der Waals surface area contributed by atoms with Crippen molar-refractivity contribution in [1.82, 2.24) is 4.98 Å². The molecule has 0 aliphatic rings. The van der Waals surface area contributed by atoms with Crippen LogP contribution in [0, 0.1) is 0 Å². The fourth-order valence-electron chi connectivity index (χ4n) is 0.414. The molecule has 1 aromatic heterocycles. The number of oxazole rings is 1. The molecule has 1 aromatic rings. The highest BCUT2D eigenvalue weighted by Gasteiger charge is 2.23. The minimum Gasteiger partial charge on any atom is -0.417 e. The topological polar surface area (TPSA) is 98.9 Å². The Hall–Kier alpha value is -1.46. The highest BCUT2D eigenvalue weighted by Crippen LogP contribution is 2.16. The molecule has 0 fully saturated rings. The van der Waals surface area contributed by atoms with Crippen LogP contribution in [-0.4, -0.2) is 16.0 Å². The van der Waals surface area contributed by atoms with Gasteiger partial charge < -0.3 is 9.15 Å². The lowest BCUT2D eigenvalue weighted by molar-refractivity contribution is 0.135. The van der Waals surface area contributed by atoms with Gasteiger partial charge in [-0.25, -0.2) is 0 Å². The molecule has 1 unspecified atom stereocenters. The van der Waals surface area contributed by atoms with E-state index < -0.39 is 14.4 Å². The first-order valence-corrected chi connectivity index (χ1v) is 3.77. The van der Waals surface area contributed by atoms with Crippen LogP contribution in [0.4, 0.5) is 4.79 Å². The van der Waals surface area contributed by atoms with Gasteiger partial charge >= 0.3 is 20.5 Å². The van der Waals surface area contributed by atoms with Crippen molar-refractivity contribution in [3.05, 3.63) is 12.5 Å². The molecule has 64 valence electrons. The molecule has 1 heterocycles. The highest BCUT2D eigenvalue weighted by molar-refractivity contribution is 7.32. The van der Waals surface area contributed by atoms with Crippen LogP contribution in [0.5, 0.6) is 6.08 Å². The van der Waals surface area contributed by atoms with Gasteiger partial charge in [0, 0.05) is 4.57 Å². The van der Waals surface area contributed by atoms with E-state index in [0.717, 1.165) is 0 Å². The van der Waals surface area contributed by atoms with Crippen molar-refractivity contribution in [3.8, 4) is 6.08 Å². The average molecular weight is 192 g/mol. The fraction of sp³-hybridized carbons (Fsp3) is 0. The first-order chi connectivity index (χ1) is 5.68. The minimum atomic E-state index is -3.02. The van der Waals surface area contributed by atoms with Crippen molar-refractivity contribution in [1.29, 1.82) is 0 Å². The molecule has 0 spiro atoms. The number of hydrogen-bond donors (Lipinski definition) is 1. The second kappa shape index (κ2) is 3.80. The van der Waals surface area contributed by atoms with E-state index in [-0.39, 0.29) is 6.08 Å². The molecular formula is C4H3NO6P+. The van der Waals surface area contributed by atoms with E-state index in [9.17, 15) is 9.36 Å². The maximum Gasteiger partial charge on any atom is 0.753 e. The summed E-state index contributed by atoms with van der Waals surface area (Å²) in [6, 6.07) is 0. The summed E-state index contributed by atoms with van der Waals surface area (Å²) in [7, 11) is -3.02. The maximum absolute atomic E-state index is 10.4. The zero-order valence-electron chi connectivity index (χ0n) is 5.54. The van der Waals surface area contributed by atoms with E-state index >= 15 is 0 Å². The molecule has 0 radical (unpaired) electrons. The second-order valence-electron chi connectivity index (χ2n) is 1.48. The van der Waals surface area contributed by atoms with Crippen LogP contribution < -0.4 is 4.74 Å². The summed E-state index contributed by atoms with van der Waals surface area (Å²) in [6.07, 6.45) is 0.710. The molecule has 1 atom stereocenters. The molecule has 8 heteroatoms. The van der Waals surface area contributed by atoms with Crippen LogP contribution >= 0.6 is 8.25 Å². The third kappa shape index (κ3) is 2.65. The van der Waals surface area contributed by atoms with Crippen molar-refractivity contribution >= 4 is 14.4 Å². The van der Waals surface area contributed by atoms with Crippen molar-refractivity contribution in [2.75, 3.05) is 0 Å². The third-order valence-corrected chi connectivity index (χ3v) is 1.04. The number of ether oxygens (including phenoxy) is 1. The van der Waals surface area contributed by atoms with Crippen molar-refractivity contribution in [2.45, 2.75) is 0 Å². The quantitative estimate of drug-likeness (QED) is 0.547. The molecule has 0 aromatic carbocycles. The summed E-state index contributed by atoms with van der Waals surface area (Å²) in [5.74, 6) is 0. The lowest BCUT2D eigenvalue weighted by Gasteiger charge is -1.88. The van der Waals surface area contributed by atoms with Gasteiger partial charge in [-0.2, -0.15) is 9.78 Å². The summed E-state index contributed by atoms with van der Waals surface area (Å²) in [6.45, 7) is 0. The minimum absolute atomic E-state index is 0.350. The Labute approximate surface area is 66.9 Å². The van der Waals surface area contributed by atoms with Crippen LogP contribution in [0.1, 0.15) is 0 Å². The van der Waals surface area contributed by atoms with Gasteiger partial charge in [-0.05, 0) is 0 Å². The van der Waals surface area contributed by atoms with Gasteiger partial charge in [0.15, 0.2) is 0 Å². The van der Waals surface area contributed by atoms with Crippen LogP contribution in [-0.2, 0) is 9.09 Å². The Morgan fingerprint density at radius 3 is 3.00 bits per heavy atom. The summed E-state index contributed by atoms with van der Waals surface area (Å²) < 4.78 is 22.3. The van der Waals surface area contributed by atoms with Gasteiger partial charge in [-0.3, -0.25) is 0 Å². The van der Waals surface area contributed by atoms with Gasteiger partial charge in [0.05, 0.1) is 6.20 Å². The normalized spacial score (nSPS) is 10.6. The Bertz CT molecular complexity index is 282. The number of carbonyl (C=O) groups is 1. The molecule has 0 aliphatic carbocycles. The number of aromatic nitrogens is 1. The lowest BCUT2D eigenvalue weighted by Crippen LogP contribution is -2.06. The summed E-state index contributed by atoms with van der Waals surface area (Å²) in [5.41, 5.74) is 0. The molecule has 7 nitrogen and oxygen atoms in total. The SMILES string of the molecule is O=C(Oc1ncco1)O[P+](=O)O. The molecule has 12 heavy (non-hydrogen) atoms. The molecule has 0 saturated carbocycles. The van der Waals surface area contributed by atoms with Crippen LogP contribution in [0.15, 0.2) is 16.9 Å². The Morgan fingerprint density at radius 2 is 2.50 bits per heavy atom. The van der Waals surface area contributed by atoms with E-state index in [1.54, 1.807) is 0 Å². The number of rotatable bonds is 2. The number of carbonyl (C=O) groups excluding carboxylic acids is 1.